The van der Waals surface area contributed by atoms with Gasteiger partial charge in [0.1, 0.15) is 0 Å². The van der Waals surface area contributed by atoms with E-state index in [1.54, 1.807) is 0 Å². The van der Waals surface area contributed by atoms with Gasteiger partial charge in [-0.3, -0.25) is 9.88 Å². The van der Waals surface area contributed by atoms with Gasteiger partial charge in [0.05, 0.1) is 6.61 Å². The van der Waals surface area contributed by atoms with Gasteiger partial charge in [0.15, 0.2) is 0 Å². The van der Waals surface area contributed by atoms with E-state index < -0.39 is 0 Å². The molecule has 1 N–H and O–H groups in total. The molecule has 3 nitrogen and oxygen atoms in total. The van der Waals surface area contributed by atoms with E-state index in [0.29, 0.717) is 6.04 Å². The summed E-state index contributed by atoms with van der Waals surface area (Å²) in [4.78, 5) is 6.85. The molecular weight excluding hydrogens is 296 g/mol. The van der Waals surface area contributed by atoms with Gasteiger partial charge in [0, 0.05) is 30.9 Å². The molecule has 0 spiro atoms. The molecule has 1 aromatic carbocycles. The zero-order chi connectivity index (χ0) is 17.9. The molecule has 130 valence electrons. The number of rotatable bonds is 6. The van der Waals surface area contributed by atoms with Gasteiger partial charge in [-0.25, -0.2) is 0 Å². The number of pyridine rings is 1. The van der Waals surface area contributed by atoms with E-state index in [-0.39, 0.29) is 6.61 Å². The first-order valence-corrected chi connectivity index (χ1v) is 8.64. The van der Waals surface area contributed by atoms with Gasteiger partial charge in [-0.15, -0.1) is 0 Å². The topological polar surface area (TPSA) is 36.4 Å². The lowest BCUT2D eigenvalue weighted by Gasteiger charge is -2.27. The van der Waals surface area contributed by atoms with Crippen molar-refractivity contribution in [2.75, 3.05) is 7.05 Å². The van der Waals surface area contributed by atoms with Crippen LogP contribution >= 0.6 is 0 Å². The van der Waals surface area contributed by atoms with Crippen molar-refractivity contribution in [3.8, 4) is 0 Å². The maximum absolute atomic E-state index is 9.66. The number of likely N-dealkylation sites (N-methyl/N-ethyl adjacent to an activating group) is 1. The molecule has 0 aliphatic rings. The average Bonchev–Trinajstić information content (AvgIpc) is 2.51. The van der Waals surface area contributed by atoms with Gasteiger partial charge >= 0.3 is 0 Å². The molecule has 0 aliphatic carbocycles. The standard InChI is InChI=1S/C21H30N2O/c1-14-7-8-22-19(9-14)11-17(4)23(6)12-20-15(2)10-16(3)21(13-24)18(20)5/h7-10,17,24H,11-13H2,1-6H3/t17-/m0/s1. The van der Waals surface area contributed by atoms with Crippen LogP contribution in [0.15, 0.2) is 24.4 Å². The molecule has 1 heterocycles. The van der Waals surface area contributed by atoms with Crippen molar-refractivity contribution in [3.63, 3.8) is 0 Å². The van der Waals surface area contributed by atoms with E-state index in [2.05, 4.69) is 63.7 Å². The minimum atomic E-state index is 0.109. The van der Waals surface area contributed by atoms with Crippen LogP contribution in [-0.4, -0.2) is 28.1 Å². The number of nitrogens with zero attached hydrogens (tertiary/aromatic N) is 2. The van der Waals surface area contributed by atoms with Crippen molar-refractivity contribution in [1.82, 2.24) is 9.88 Å². The Morgan fingerprint density at radius 1 is 1.08 bits per heavy atom. The second-order valence-corrected chi connectivity index (χ2v) is 7.04. The number of hydrogen-bond donors (Lipinski definition) is 1. The van der Waals surface area contributed by atoms with Crippen molar-refractivity contribution in [2.45, 2.75) is 60.2 Å². The molecule has 0 fully saturated rings. The Balaban J connectivity index is 2.15. The smallest absolute Gasteiger partial charge is 0.0687 e. The van der Waals surface area contributed by atoms with Crippen LogP contribution in [0.4, 0.5) is 0 Å². The van der Waals surface area contributed by atoms with E-state index in [0.717, 1.165) is 24.2 Å². The molecule has 24 heavy (non-hydrogen) atoms. The molecule has 0 unspecified atom stereocenters. The number of hydrogen-bond acceptors (Lipinski definition) is 3. The highest BCUT2D eigenvalue weighted by molar-refractivity contribution is 5.44. The Kier molecular flexibility index (Phi) is 6.14. The Morgan fingerprint density at radius 3 is 2.38 bits per heavy atom. The minimum absolute atomic E-state index is 0.109. The Bertz CT molecular complexity index is 709. The summed E-state index contributed by atoms with van der Waals surface area (Å²) in [6.07, 6.45) is 2.83. The fraction of sp³-hybridized carbons (Fsp3) is 0.476. The summed E-state index contributed by atoms with van der Waals surface area (Å²) < 4.78 is 0. The SMILES string of the molecule is Cc1ccnc(C[C@H](C)N(C)Cc2c(C)cc(C)c(CO)c2C)c1. The third kappa shape index (κ3) is 4.22. The Morgan fingerprint density at radius 2 is 1.75 bits per heavy atom. The largest absolute Gasteiger partial charge is 0.392 e. The minimum Gasteiger partial charge on any atom is -0.392 e. The van der Waals surface area contributed by atoms with E-state index in [4.69, 9.17) is 0 Å². The quantitative estimate of drug-likeness (QED) is 0.875. The number of aryl methyl sites for hydroxylation is 3. The molecule has 0 bridgehead atoms. The first-order chi connectivity index (χ1) is 11.3. The lowest BCUT2D eigenvalue weighted by Crippen LogP contribution is -2.31. The summed E-state index contributed by atoms with van der Waals surface area (Å²) in [5, 5.41) is 9.66. The number of aromatic nitrogens is 1. The predicted molar refractivity (Wildman–Crippen MR) is 100 cm³/mol. The van der Waals surface area contributed by atoms with Crippen LogP contribution in [0.1, 0.15) is 46.0 Å². The summed E-state index contributed by atoms with van der Waals surface area (Å²) in [5.74, 6) is 0. The number of aliphatic hydroxyl groups excluding tert-OH is 1. The lowest BCUT2D eigenvalue weighted by molar-refractivity contribution is 0.245. The molecule has 1 aromatic heterocycles. The van der Waals surface area contributed by atoms with Gasteiger partial charge in [-0.1, -0.05) is 6.07 Å². The Labute approximate surface area is 146 Å². The van der Waals surface area contributed by atoms with Crippen molar-refractivity contribution < 1.29 is 5.11 Å². The number of aliphatic hydroxyl groups is 1. The van der Waals surface area contributed by atoms with Gasteiger partial charge < -0.3 is 5.11 Å². The zero-order valence-corrected chi connectivity index (χ0v) is 15.8. The maximum atomic E-state index is 9.66. The first kappa shape index (κ1) is 18.6. The van der Waals surface area contributed by atoms with Crippen LogP contribution in [-0.2, 0) is 19.6 Å². The molecule has 2 aromatic rings. The average molecular weight is 326 g/mol. The molecule has 0 saturated heterocycles. The van der Waals surface area contributed by atoms with Gasteiger partial charge in [-0.05, 0) is 87.2 Å². The van der Waals surface area contributed by atoms with Crippen LogP contribution in [0.5, 0.6) is 0 Å². The van der Waals surface area contributed by atoms with Gasteiger partial charge in [0.25, 0.3) is 0 Å². The molecular formula is C21H30N2O. The molecule has 3 heteroatoms. The molecule has 0 radical (unpaired) electrons. The monoisotopic (exact) mass is 326 g/mol. The van der Waals surface area contributed by atoms with Crippen molar-refractivity contribution in [3.05, 3.63) is 63.5 Å². The summed E-state index contributed by atoms with van der Waals surface area (Å²) in [6, 6.07) is 6.79. The second kappa shape index (κ2) is 7.91. The molecule has 1 atom stereocenters. The van der Waals surface area contributed by atoms with E-state index in [1.165, 1.54) is 27.8 Å². The predicted octanol–water partition coefficient (Wildman–Crippen LogP) is 3.87. The number of benzene rings is 1. The van der Waals surface area contributed by atoms with Crippen molar-refractivity contribution in [1.29, 1.82) is 0 Å². The highest BCUT2D eigenvalue weighted by Gasteiger charge is 2.16. The summed E-state index contributed by atoms with van der Waals surface area (Å²) in [6.45, 7) is 11.7. The first-order valence-electron chi connectivity index (χ1n) is 8.64. The van der Waals surface area contributed by atoms with Crippen LogP contribution in [0.2, 0.25) is 0 Å². The highest BCUT2D eigenvalue weighted by atomic mass is 16.3. The van der Waals surface area contributed by atoms with Gasteiger partial charge in [0.2, 0.25) is 0 Å². The van der Waals surface area contributed by atoms with Crippen LogP contribution in [0, 0.1) is 27.7 Å². The van der Waals surface area contributed by atoms with Crippen LogP contribution < -0.4 is 0 Å². The molecule has 0 amide bonds. The molecule has 0 saturated carbocycles. The third-order valence-corrected chi connectivity index (χ3v) is 5.09. The van der Waals surface area contributed by atoms with Crippen LogP contribution in [0.25, 0.3) is 0 Å². The van der Waals surface area contributed by atoms with Crippen molar-refractivity contribution in [2.24, 2.45) is 0 Å². The highest BCUT2D eigenvalue weighted by Crippen LogP contribution is 2.24. The summed E-state index contributed by atoms with van der Waals surface area (Å²) in [7, 11) is 2.16. The van der Waals surface area contributed by atoms with E-state index in [1.807, 2.05) is 12.3 Å². The zero-order valence-electron chi connectivity index (χ0n) is 15.8. The fourth-order valence-electron chi connectivity index (χ4n) is 3.33. The summed E-state index contributed by atoms with van der Waals surface area (Å²) in [5.41, 5.74) is 8.50. The normalized spacial score (nSPS) is 12.7. The lowest BCUT2D eigenvalue weighted by atomic mass is 9.93. The van der Waals surface area contributed by atoms with Crippen LogP contribution in [0.3, 0.4) is 0 Å². The van der Waals surface area contributed by atoms with Crippen molar-refractivity contribution >= 4 is 0 Å². The molecule has 2 rings (SSSR count). The van der Waals surface area contributed by atoms with Gasteiger partial charge in [-0.2, -0.15) is 0 Å². The third-order valence-electron chi connectivity index (χ3n) is 5.09. The van der Waals surface area contributed by atoms with E-state index >= 15 is 0 Å². The molecule has 0 aliphatic heterocycles. The summed E-state index contributed by atoms with van der Waals surface area (Å²) >= 11 is 0. The second-order valence-electron chi connectivity index (χ2n) is 7.04. The maximum Gasteiger partial charge on any atom is 0.0687 e. The fourth-order valence-corrected chi connectivity index (χ4v) is 3.33. The van der Waals surface area contributed by atoms with E-state index in [9.17, 15) is 5.11 Å². The Hall–Kier alpha value is -1.71.